The monoisotopic (exact) mass is 580 g/mol. The van der Waals surface area contributed by atoms with E-state index in [2.05, 4.69) is 25.9 Å². The number of carbonyl (C=O) groups is 2. The minimum Gasteiger partial charge on any atom is -0.494 e. The lowest BCUT2D eigenvalue weighted by Crippen LogP contribution is -2.34. The number of aryl methyl sites for hydroxylation is 1. The van der Waals surface area contributed by atoms with Crippen molar-refractivity contribution >= 4 is 29.2 Å². The van der Waals surface area contributed by atoms with Crippen molar-refractivity contribution in [1.29, 1.82) is 0 Å². The number of imidazole rings is 1. The number of hydrogen-bond acceptors (Lipinski definition) is 7. The molecule has 0 unspecified atom stereocenters. The van der Waals surface area contributed by atoms with Crippen molar-refractivity contribution in [2.75, 3.05) is 25.5 Å². The van der Waals surface area contributed by atoms with Crippen LogP contribution in [0.1, 0.15) is 50.0 Å². The summed E-state index contributed by atoms with van der Waals surface area (Å²) in [7, 11) is 1.27. The van der Waals surface area contributed by atoms with Crippen LogP contribution in [-0.2, 0) is 11.2 Å². The largest absolute Gasteiger partial charge is 0.494 e. The summed E-state index contributed by atoms with van der Waals surface area (Å²) in [5.74, 6) is -2.13. The molecule has 0 aliphatic carbocycles. The van der Waals surface area contributed by atoms with Gasteiger partial charge < -0.3 is 25.4 Å². The molecule has 0 bridgehead atoms. The van der Waals surface area contributed by atoms with Crippen LogP contribution < -0.4 is 20.7 Å². The zero-order valence-electron chi connectivity index (χ0n) is 24.2. The van der Waals surface area contributed by atoms with Gasteiger partial charge >= 0.3 is 6.09 Å². The van der Waals surface area contributed by atoms with Crippen molar-refractivity contribution in [2.45, 2.75) is 46.1 Å². The van der Waals surface area contributed by atoms with Crippen molar-refractivity contribution in [3.63, 3.8) is 0 Å². The maximum atomic E-state index is 14.8. The fourth-order valence-electron chi connectivity index (χ4n) is 4.31. The molecular formula is C30H34F2N6O4. The molecule has 0 radical (unpaired) electrons. The highest BCUT2D eigenvalue weighted by atomic mass is 19.2. The van der Waals surface area contributed by atoms with Gasteiger partial charge in [-0.25, -0.2) is 19.2 Å². The molecule has 2 heterocycles. The summed E-state index contributed by atoms with van der Waals surface area (Å²) in [5.41, 5.74) is 2.24. The molecule has 2 aromatic carbocycles. The number of nitrogens with zero attached hydrogens (tertiary/aromatic N) is 3. The number of fused-ring (bicyclic) bond motifs is 1. The number of ether oxygens (including phenoxy) is 2. The van der Waals surface area contributed by atoms with E-state index < -0.39 is 23.3 Å². The van der Waals surface area contributed by atoms with E-state index in [1.165, 1.54) is 31.6 Å². The molecule has 4 aromatic rings. The third-order valence-corrected chi connectivity index (χ3v) is 6.27. The molecule has 3 N–H and O–H groups in total. The number of alkyl carbamates (subject to hydrolysis) is 1. The van der Waals surface area contributed by atoms with Gasteiger partial charge in [-0.15, -0.1) is 0 Å². The number of benzene rings is 2. The summed E-state index contributed by atoms with van der Waals surface area (Å²) in [6.07, 6.45) is 5.23. The van der Waals surface area contributed by atoms with Gasteiger partial charge in [0, 0.05) is 42.3 Å². The number of hydrogen-bond donors (Lipinski definition) is 3. The number of nitrogens with one attached hydrogen (secondary N) is 3. The third-order valence-electron chi connectivity index (χ3n) is 6.27. The molecule has 12 heteroatoms. The van der Waals surface area contributed by atoms with E-state index in [-0.39, 0.29) is 17.2 Å². The molecule has 2 aromatic heterocycles. The standard InChI is InChI=1S/C30H34F2N6O4/c1-6-18-16-19(8-9-20(18)28(39)34-12-7-13-35-29(40)42-30(2,3)4)37-26-27-36-17-22(38(27)15-14-33-26)21-10-11-23(41-5)25(32)24(21)31/h8-11,14-17H,6-7,12-13H2,1-5H3,(H,33,37)(H,34,39)(H,35,40). The minimum absolute atomic E-state index is 0.0298. The first-order chi connectivity index (χ1) is 20.0. The van der Waals surface area contributed by atoms with Gasteiger partial charge in [-0.3, -0.25) is 9.20 Å². The van der Waals surface area contributed by atoms with Crippen LogP contribution in [-0.4, -0.2) is 52.2 Å². The molecule has 0 saturated heterocycles. The van der Waals surface area contributed by atoms with Crippen LogP contribution in [0.4, 0.5) is 25.1 Å². The lowest BCUT2D eigenvalue weighted by atomic mass is 10.0. The van der Waals surface area contributed by atoms with Crippen molar-refractivity contribution < 1.29 is 27.8 Å². The van der Waals surface area contributed by atoms with Crippen LogP contribution in [0.3, 0.4) is 0 Å². The Labute approximate surface area is 242 Å². The van der Waals surface area contributed by atoms with Crippen molar-refractivity contribution in [2.24, 2.45) is 0 Å². The highest BCUT2D eigenvalue weighted by Crippen LogP contribution is 2.31. The summed E-state index contributed by atoms with van der Waals surface area (Å²) in [6.45, 7) is 8.07. The Kier molecular flexibility index (Phi) is 9.24. The van der Waals surface area contributed by atoms with Crippen LogP contribution in [0.2, 0.25) is 0 Å². The summed E-state index contributed by atoms with van der Waals surface area (Å²) < 4.78 is 40.8. The molecule has 2 amide bonds. The highest BCUT2D eigenvalue weighted by molar-refractivity contribution is 5.96. The Morgan fingerprint density at radius 3 is 2.50 bits per heavy atom. The normalized spacial score (nSPS) is 11.3. The second-order valence-corrected chi connectivity index (χ2v) is 10.4. The van der Waals surface area contributed by atoms with E-state index in [4.69, 9.17) is 9.47 Å². The smallest absolute Gasteiger partial charge is 0.407 e. The van der Waals surface area contributed by atoms with Gasteiger partial charge in [-0.2, -0.15) is 4.39 Å². The van der Waals surface area contributed by atoms with Crippen LogP contribution >= 0.6 is 0 Å². The average molecular weight is 581 g/mol. The second-order valence-electron chi connectivity index (χ2n) is 10.4. The third kappa shape index (κ3) is 6.93. The molecule has 222 valence electrons. The van der Waals surface area contributed by atoms with Crippen molar-refractivity contribution in [3.05, 3.63) is 71.7 Å². The molecular weight excluding hydrogens is 546 g/mol. The van der Waals surface area contributed by atoms with E-state index in [0.29, 0.717) is 54.3 Å². The van der Waals surface area contributed by atoms with Crippen LogP contribution in [0.5, 0.6) is 5.75 Å². The zero-order valence-corrected chi connectivity index (χ0v) is 24.2. The van der Waals surface area contributed by atoms with E-state index in [0.717, 1.165) is 5.56 Å². The first-order valence-electron chi connectivity index (χ1n) is 13.5. The topological polar surface area (TPSA) is 119 Å². The zero-order chi connectivity index (χ0) is 30.4. The van der Waals surface area contributed by atoms with Gasteiger partial charge in [0.25, 0.3) is 5.91 Å². The number of halogens is 2. The Bertz CT molecular complexity index is 1600. The first-order valence-corrected chi connectivity index (χ1v) is 13.5. The lowest BCUT2D eigenvalue weighted by Gasteiger charge is -2.19. The van der Waals surface area contributed by atoms with Crippen LogP contribution in [0.25, 0.3) is 16.9 Å². The Hall–Kier alpha value is -4.74. The second kappa shape index (κ2) is 12.8. The SMILES string of the molecule is CCc1cc(Nc2nccn3c(-c4ccc(OC)c(F)c4F)cnc23)ccc1C(=O)NCCCNC(=O)OC(C)(C)C. The summed E-state index contributed by atoms with van der Waals surface area (Å²) >= 11 is 0. The van der Waals surface area contributed by atoms with E-state index in [9.17, 15) is 18.4 Å². The number of methoxy groups -OCH3 is 1. The number of amides is 2. The number of carbonyl (C=O) groups excluding carboxylic acids is 2. The van der Waals surface area contributed by atoms with Crippen molar-refractivity contribution in [3.8, 4) is 17.0 Å². The molecule has 0 atom stereocenters. The van der Waals surface area contributed by atoms with Gasteiger partial charge in [0.15, 0.2) is 23.0 Å². The molecule has 0 saturated carbocycles. The first kappa shape index (κ1) is 30.2. The van der Waals surface area contributed by atoms with Gasteiger partial charge in [0.2, 0.25) is 5.82 Å². The van der Waals surface area contributed by atoms with Crippen LogP contribution in [0.15, 0.2) is 48.9 Å². The fourth-order valence-corrected chi connectivity index (χ4v) is 4.31. The molecule has 42 heavy (non-hydrogen) atoms. The molecule has 0 spiro atoms. The fraction of sp³-hybridized carbons (Fsp3) is 0.333. The maximum absolute atomic E-state index is 14.8. The molecule has 0 aliphatic rings. The van der Waals surface area contributed by atoms with E-state index in [1.807, 2.05) is 13.0 Å². The Morgan fingerprint density at radius 1 is 1.02 bits per heavy atom. The quantitative estimate of drug-likeness (QED) is 0.208. The van der Waals surface area contributed by atoms with Gasteiger partial charge in [0.1, 0.15) is 5.60 Å². The highest BCUT2D eigenvalue weighted by Gasteiger charge is 2.20. The summed E-state index contributed by atoms with van der Waals surface area (Å²) in [6, 6.07) is 8.13. The predicted molar refractivity (Wildman–Crippen MR) is 155 cm³/mol. The van der Waals surface area contributed by atoms with Gasteiger partial charge in [-0.1, -0.05) is 6.92 Å². The average Bonchev–Trinajstić information content (AvgIpc) is 3.38. The predicted octanol–water partition coefficient (Wildman–Crippen LogP) is 5.63. The van der Waals surface area contributed by atoms with Gasteiger partial charge in [-0.05, 0) is 69.5 Å². The van der Waals surface area contributed by atoms with E-state index >= 15 is 0 Å². The Morgan fingerprint density at radius 2 is 1.79 bits per heavy atom. The van der Waals surface area contributed by atoms with Crippen LogP contribution in [0, 0.1) is 11.6 Å². The number of aromatic nitrogens is 3. The maximum Gasteiger partial charge on any atom is 0.407 e. The number of rotatable bonds is 10. The van der Waals surface area contributed by atoms with Crippen molar-refractivity contribution in [1.82, 2.24) is 25.0 Å². The Balaban J connectivity index is 1.44. The molecule has 0 fully saturated rings. The van der Waals surface area contributed by atoms with E-state index in [1.54, 1.807) is 43.5 Å². The molecule has 10 nitrogen and oxygen atoms in total. The summed E-state index contributed by atoms with van der Waals surface area (Å²) in [4.78, 5) is 33.4. The molecule has 4 rings (SSSR count). The summed E-state index contributed by atoms with van der Waals surface area (Å²) in [5, 5.41) is 8.76. The molecule has 0 aliphatic heterocycles. The minimum atomic E-state index is -1.08. The van der Waals surface area contributed by atoms with Gasteiger partial charge in [0.05, 0.1) is 19.0 Å². The lowest BCUT2D eigenvalue weighted by molar-refractivity contribution is 0.0527. The number of anilines is 2.